The number of para-hydroxylation sites is 1. The van der Waals surface area contributed by atoms with Crippen molar-refractivity contribution in [3.8, 4) is 0 Å². The number of aromatic nitrogens is 3. The van der Waals surface area contributed by atoms with E-state index in [9.17, 15) is 15.3 Å². The molecule has 18 heavy (non-hydrogen) atoms. The van der Waals surface area contributed by atoms with Crippen LogP contribution in [0.1, 0.15) is 11.9 Å². The van der Waals surface area contributed by atoms with E-state index in [-0.39, 0.29) is 5.82 Å². The summed E-state index contributed by atoms with van der Waals surface area (Å²) in [5.41, 5.74) is 1.08. The van der Waals surface area contributed by atoms with Crippen LogP contribution >= 0.6 is 0 Å². The number of benzene rings is 1. The fourth-order valence-electron chi connectivity index (χ4n) is 1.49. The van der Waals surface area contributed by atoms with E-state index >= 15 is 0 Å². The molecule has 96 valence electrons. The Morgan fingerprint density at radius 3 is 2.33 bits per heavy atom. The highest BCUT2D eigenvalue weighted by atomic mass is 16.4. The third kappa shape index (κ3) is 2.44. The van der Waals surface area contributed by atoms with Gasteiger partial charge in [-0.2, -0.15) is 0 Å². The molecule has 0 spiro atoms. The predicted octanol–water partition coefficient (Wildman–Crippen LogP) is -1.23. The lowest BCUT2D eigenvalue weighted by atomic mass is 10.1. The lowest BCUT2D eigenvalue weighted by Gasteiger charge is -2.19. The summed E-state index contributed by atoms with van der Waals surface area (Å²) in [4.78, 5) is 4.04. The van der Waals surface area contributed by atoms with E-state index in [1.54, 1.807) is 24.3 Å². The third-order valence-corrected chi connectivity index (χ3v) is 2.55. The summed E-state index contributed by atoms with van der Waals surface area (Å²) in [6, 6.07) is 6.94. The Morgan fingerprint density at radius 1 is 1.00 bits per heavy atom. The Kier molecular flexibility index (Phi) is 3.78. The van der Waals surface area contributed by atoms with Gasteiger partial charge in [0, 0.05) is 0 Å². The van der Waals surface area contributed by atoms with E-state index in [4.69, 9.17) is 5.11 Å². The van der Waals surface area contributed by atoms with Crippen LogP contribution in [0, 0.1) is 0 Å². The molecule has 3 unspecified atom stereocenters. The van der Waals surface area contributed by atoms with Crippen molar-refractivity contribution in [1.29, 1.82) is 0 Å². The fourth-order valence-corrected chi connectivity index (χ4v) is 1.49. The molecule has 0 aliphatic carbocycles. The van der Waals surface area contributed by atoms with Crippen molar-refractivity contribution >= 4 is 11.0 Å². The highest BCUT2D eigenvalue weighted by Gasteiger charge is 2.28. The Labute approximate surface area is 102 Å². The average molecular weight is 251 g/mol. The zero-order valence-corrected chi connectivity index (χ0v) is 9.38. The van der Waals surface area contributed by atoms with E-state index in [0.29, 0.717) is 11.0 Å². The molecule has 1 aromatic heterocycles. The predicted molar refractivity (Wildman–Crippen MR) is 61.4 cm³/mol. The van der Waals surface area contributed by atoms with Gasteiger partial charge in [0.25, 0.3) is 0 Å². The van der Waals surface area contributed by atoms with Crippen LogP contribution in [0.25, 0.3) is 11.0 Å². The van der Waals surface area contributed by atoms with Gasteiger partial charge in [0.2, 0.25) is 0 Å². The van der Waals surface area contributed by atoms with Gasteiger partial charge in [0.15, 0.2) is 5.82 Å². The van der Waals surface area contributed by atoms with Gasteiger partial charge in [-0.05, 0) is 12.1 Å². The molecule has 3 atom stereocenters. The summed E-state index contributed by atoms with van der Waals surface area (Å²) >= 11 is 0. The topological polar surface area (TPSA) is 120 Å². The van der Waals surface area contributed by atoms with Crippen LogP contribution in [-0.4, -0.2) is 54.4 Å². The second-order valence-corrected chi connectivity index (χ2v) is 3.84. The molecule has 2 aromatic rings. The van der Waals surface area contributed by atoms with Crippen LogP contribution in [0.2, 0.25) is 0 Å². The molecule has 1 aromatic carbocycles. The number of aliphatic hydroxyl groups excluding tert-OH is 4. The van der Waals surface area contributed by atoms with Crippen LogP contribution in [0.15, 0.2) is 24.3 Å². The molecule has 2 rings (SSSR count). The number of aliphatic hydroxyl groups is 4. The minimum Gasteiger partial charge on any atom is -0.394 e. The maximum atomic E-state index is 9.76. The number of hydrogen-bond donors (Lipinski definition) is 4. The summed E-state index contributed by atoms with van der Waals surface area (Å²) in [5.74, 6) is -0.103. The zero-order chi connectivity index (χ0) is 13.1. The van der Waals surface area contributed by atoms with Crippen LogP contribution < -0.4 is 0 Å². The molecular formula is C11H13N3O4. The van der Waals surface area contributed by atoms with Gasteiger partial charge in [-0.1, -0.05) is 12.1 Å². The summed E-state index contributed by atoms with van der Waals surface area (Å²) in [6.45, 7) is -0.667. The first-order valence-corrected chi connectivity index (χ1v) is 5.38. The molecule has 0 aliphatic rings. The van der Waals surface area contributed by atoms with Crippen LogP contribution in [0.3, 0.4) is 0 Å². The Hall–Kier alpha value is -1.67. The van der Waals surface area contributed by atoms with E-state index in [0.717, 1.165) is 0 Å². The number of nitrogens with zero attached hydrogens (tertiary/aromatic N) is 3. The first kappa shape index (κ1) is 12.8. The van der Waals surface area contributed by atoms with E-state index in [1.165, 1.54) is 0 Å². The molecule has 0 radical (unpaired) electrons. The average Bonchev–Trinajstić information content (AvgIpc) is 2.44. The minimum atomic E-state index is -1.57. The molecular weight excluding hydrogens is 238 g/mol. The normalized spacial score (nSPS) is 16.4. The summed E-state index contributed by atoms with van der Waals surface area (Å²) in [6.07, 6.45) is -4.54. The van der Waals surface area contributed by atoms with Crippen LogP contribution in [0.5, 0.6) is 0 Å². The lowest BCUT2D eigenvalue weighted by Crippen LogP contribution is -2.35. The molecule has 0 amide bonds. The van der Waals surface area contributed by atoms with Gasteiger partial charge < -0.3 is 20.4 Å². The van der Waals surface area contributed by atoms with E-state index in [1.807, 2.05) is 0 Å². The SMILES string of the molecule is OCC(O)C(O)C(O)c1nnc2ccccc2n1. The largest absolute Gasteiger partial charge is 0.394 e. The zero-order valence-electron chi connectivity index (χ0n) is 9.38. The fraction of sp³-hybridized carbons (Fsp3) is 0.364. The van der Waals surface area contributed by atoms with Crippen LogP contribution in [-0.2, 0) is 0 Å². The quantitative estimate of drug-likeness (QED) is 0.537. The first-order valence-electron chi connectivity index (χ1n) is 5.38. The third-order valence-electron chi connectivity index (χ3n) is 2.55. The molecule has 4 N–H and O–H groups in total. The molecule has 0 saturated carbocycles. The van der Waals surface area contributed by atoms with Crippen molar-refractivity contribution in [3.05, 3.63) is 30.1 Å². The van der Waals surface area contributed by atoms with Gasteiger partial charge in [0.05, 0.1) is 12.1 Å². The first-order chi connectivity index (χ1) is 8.63. The van der Waals surface area contributed by atoms with Gasteiger partial charge in [-0.25, -0.2) is 4.98 Å². The molecule has 1 heterocycles. The highest BCUT2D eigenvalue weighted by molar-refractivity contribution is 5.72. The van der Waals surface area contributed by atoms with E-state index in [2.05, 4.69) is 15.2 Å². The van der Waals surface area contributed by atoms with Crippen molar-refractivity contribution in [2.75, 3.05) is 6.61 Å². The highest BCUT2D eigenvalue weighted by Crippen LogP contribution is 2.16. The summed E-state index contributed by atoms with van der Waals surface area (Å²) < 4.78 is 0. The monoisotopic (exact) mass is 251 g/mol. The Morgan fingerprint density at radius 2 is 1.67 bits per heavy atom. The molecule has 0 saturated heterocycles. The van der Waals surface area contributed by atoms with Crippen molar-refractivity contribution in [2.24, 2.45) is 0 Å². The number of fused-ring (bicyclic) bond motifs is 1. The maximum absolute atomic E-state index is 9.76. The van der Waals surface area contributed by atoms with Gasteiger partial charge >= 0.3 is 0 Å². The van der Waals surface area contributed by atoms with Crippen molar-refractivity contribution in [1.82, 2.24) is 15.2 Å². The lowest BCUT2D eigenvalue weighted by molar-refractivity contribution is -0.0804. The summed E-state index contributed by atoms with van der Waals surface area (Å²) in [5, 5.41) is 44.8. The maximum Gasteiger partial charge on any atom is 0.183 e. The van der Waals surface area contributed by atoms with Crippen LogP contribution in [0.4, 0.5) is 0 Å². The number of rotatable bonds is 4. The molecule has 0 fully saturated rings. The molecule has 7 nitrogen and oxygen atoms in total. The standard InChI is InChI=1S/C11H13N3O4/c15-5-8(16)9(17)10(18)11-12-6-3-1-2-4-7(6)13-14-11/h1-4,8-10,15-18H,5H2. The Balaban J connectivity index is 2.30. The second kappa shape index (κ2) is 5.32. The Bertz CT molecular complexity index is 536. The summed E-state index contributed by atoms with van der Waals surface area (Å²) in [7, 11) is 0. The van der Waals surface area contributed by atoms with Gasteiger partial charge in [-0.3, -0.25) is 0 Å². The minimum absolute atomic E-state index is 0.103. The van der Waals surface area contributed by atoms with Crippen molar-refractivity contribution < 1.29 is 20.4 Å². The molecule has 0 bridgehead atoms. The second-order valence-electron chi connectivity index (χ2n) is 3.84. The molecule has 0 aliphatic heterocycles. The van der Waals surface area contributed by atoms with Crippen molar-refractivity contribution in [2.45, 2.75) is 18.3 Å². The van der Waals surface area contributed by atoms with Crippen molar-refractivity contribution in [3.63, 3.8) is 0 Å². The number of hydrogen-bond acceptors (Lipinski definition) is 7. The molecule has 7 heteroatoms. The van der Waals surface area contributed by atoms with E-state index < -0.39 is 24.9 Å². The van der Waals surface area contributed by atoms with Gasteiger partial charge in [0.1, 0.15) is 23.8 Å². The smallest absolute Gasteiger partial charge is 0.183 e. The van der Waals surface area contributed by atoms with Gasteiger partial charge in [-0.15, -0.1) is 10.2 Å².